The Labute approximate surface area is 168 Å². The van der Waals surface area contributed by atoms with Crippen molar-refractivity contribution in [1.82, 2.24) is 0 Å². The molecule has 0 N–H and O–H groups in total. The first kappa shape index (κ1) is 18.7. The molecular formula is C24H34O4. The maximum atomic E-state index is 12.9. The second kappa shape index (κ2) is 6.60. The molecule has 0 aromatic rings. The Kier molecular flexibility index (Phi) is 4.41. The van der Waals surface area contributed by atoms with Gasteiger partial charge in [0.25, 0.3) is 0 Å². The van der Waals surface area contributed by atoms with E-state index in [0.717, 1.165) is 23.7 Å². The highest BCUT2D eigenvalue weighted by atomic mass is 16.6. The zero-order valence-electron chi connectivity index (χ0n) is 17.3. The van der Waals surface area contributed by atoms with Gasteiger partial charge in [-0.05, 0) is 99.7 Å². The molecule has 6 aliphatic carbocycles. The first-order chi connectivity index (χ1) is 13.4. The highest BCUT2D eigenvalue weighted by Gasteiger charge is 2.66. The van der Waals surface area contributed by atoms with Crippen LogP contribution in [0, 0.1) is 47.3 Å². The lowest BCUT2D eigenvalue weighted by Crippen LogP contribution is -2.64. The molecule has 0 aromatic carbocycles. The van der Waals surface area contributed by atoms with E-state index in [1.54, 1.807) is 6.92 Å². The van der Waals surface area contributed by atoms with E-state index in [4.69, 9.17) is 9.47 Å². The molecule has 0 aromatic heterocycles. The monoisotopic (exact) mass is 386 g/mol. The van der Waals surface area contributed by atoms with Crippen molar-refractivity contribution in [2.75, 3.05) is 6.61 Å². The summed E-state index contributed by atoms with van der Waals surface area (Å²) in [5, 5.41) is 0. The molecule has 0 spiro atoms. The lowest BCUT2D eigenvalue weighted by molar-refractivity contribution is -0.237. The lowest BCUT2D eigenvalue weighted by Gasteiger charge is -2.63. The maximum Gasteiger partial charge on any atom is 0.344 e. The summed E-state index contributed by atoms with van der Waals surface area (Å²) in [6.45, 7) is 7.31. The second-order valence-corrected chi connectivity index (χ2v) is 10.8. The van der Waals surface area contributed by atoms with Gasteiger partial charge in [-0.1, -0.05) is 13.5 Å². The van der Waals surface area contributed by atoms with Gasteiger partial charge in [-0.3, -0.25) is 0 Å². The first-order valence-electron chi connectivity index (χ1n) is 11.4. The van der Waals surface area contributed by atoms with Crippen LogP contribution in [0.2, 0.25) is 0 Å². The van der Waals surface area contributed by atoms with Gasteiger partial charge in [0.2, 0.25) is 0 Å². The normalized spacial score (nSPS) is 47.9. The number of carbonyl (C=O) groups is 2. The van der Waals surface area contributed by atoms with Gasteiger partial charge in [0.15, 0.2) is 6.61 Å². The SMILES string of the molecule is C=C(C)C(=O)OCC(=O)OC1(C2CC3CC2CC3C)C2CC3CC(C2)CC1C3. The standard InChI is InChI=1S/C24H34O4/c1-13(2)23(26)27-12-22(25)28-24(21-11-17-10-18(21)4-14(17)3)19-6-15-5-16(8-19)9-20(24)7-15/h14-21H,1,4-12H2,2-3H3. The average Bonchev–Trinajstić information content (AvgIpc) is 3.21. The van der Waals surface area contributed by atoms with E-state index < -0.39 is 5.97 Å². The molecule has 4 heteroatoms. The molecule has 0 heterocycles. The molecule has 0 aliphatic heterocycles. The molecule has 6 fully saturated rings. The van der Waals surface area contributed by atoms with Crippen molar-refractivity contribution in [1.29, 1.82) is 0 Å². The second-order valence-electron chi connectivity index (χ2n) is 10.8. The lowest BCUT2D eigenvalue weighted by atomic mass is 9.46. The summed E-state index contributed by atoms with van der Waals surface area (Å²) >= 11 is 0. The number of fused-ring (bicyclic) bond motifs is 2. The van der Waals surface area contributed by atoms with Crippen molar-refractivity contribution < 1.29 is 19.1 Å². The van der Waals surface area contributed by atoms with Crippen molar-refractivity contribution in [3.63, 3.8) is 0 Å². The van der Waals surface area contributed by atoms with E-state index in [9.17, 15) is 9.59 Å². The Hall–Kier alpha value is -1.32. The molecule has 6 rings (SSSR count). The van der Waals surface area contributed by atoms with Crippen LogP contribution in [0.3, 0.4) is 0 Å². The number of ether oxygens (including phenoxy) is 2. The quantitative estimate of drug-likeness (QED) is 0.515. The van der Waals surface area contributed by atoms with Gasteiger partial charge in [0.05, 0.1) is 0 Å². The van der Waals surface area contributed by atoms with E-state index in [-0.39, 0.29) is 18.2 Å². The van der Waals surface area contributed by atoms with E-state index in [1.165, 1.54) is 51.4 Å². The third-order valence-electron chi connectivity index (χ3n) is 9.16. The van der Waals surface area contributed by atoms with Crippen LogP contribution in [0.25, 0.3) is 0 Å². The fraction of sp³-hybridized carbons (Fsp3) is 0.833. The van der Waals surface area contributed by atoms with Gasteiger partial charge >= 0.3 is 11.9 Å². The Morgan fingerprint density at radius 3 is 2.07 bits per heavy atom. The van der Waals surface area contributed by atoms with Gasteiger partial charge in [-0.25, -0.2) is 9.59 Å². The molecule has 6 bridgehead atoms. The molecular weight excluding hydrogens is 352 g/mol. The summed E-state index contributed by atoms with van der Waals surface area (Å²) in [4.78, 5) is 24.6. The zero-order valence-corrected chi connectivity index (χ0v) is 17.3. The third kappa shape index (κ3) is 2.77. The summed E-state index contributed by atoms with van der Waals surface area (Å²) in [6, 6.07) is 0. The minimum Gasteiger partial charge on any atom is -0.456 e. The molecule has 0 radical (unpaired) electrons. The highest BCUT2D eigenvalue weighted by Crippen LogP contribution is 2.67. The van der Waals surface area contributed by atoms with Gasteiger partial charge < -0.3 is 9.47 Å². The molecule has 4 atom stereocenters. The Balaban J connectivity index is 1.39. The van der Waals surface area contributed by atoms with Crippen LogP contribution in [0.5, 0.6) is 0 Å². The van der Waals surface area contributed by atoms with Gasteiger partial charge in [-0.15, -0.1) is 0 Å². The minimum atomic E-state index is -0.509. The van der Waals surface area contributed by atoms with Crippen molar-refractivity contribution in [2.24, 2.45) is 47.3 Å². The van der Waals surface area contributed by atoms with Gasteiger partial charge in [0, 0.05) is 11.5 Å². The van der Waals surface area contributed by atoms with E-state index in [0.29, 0.717) is 29.2 Å². The Morgan fingerprint density at radius 1 is 0.929 bits per heavy atom. The van der Waals surface area contributed by atoms with E-state index >= 15 is 0 Å². The molecule has 28 heavy (non-hydrogen) atoms. The molecule has 0 saturated heterocycles. The van der Waals surface area contributed by atoms with Crippen molar-refractivity contribution in [3.8, 4) is 0 Å². The maximum absolute atomic E-state index is 12.9. The summed E-state index contributed by atoms with van der Waals surface area (Å²) in [7, 11) is 0. The van der Waals surface area contributed by atoms with E-state index in [2.05, 4.69) is 13.5 Å². The minimum absolute atomic E-state index is 0.281. The fourth-order valence-corrected chi connectivity index (χ4v) is 8.36. The number of carbonyl (C=O) groups excluding carboxylic acids is 2. The van der Waals surface area contributed by atoms with Gasteiger partial charge in [-0.2, -0.15) is 0 Å². The van der Waals surface area contributed by atoms with Crippen molar-refractivity contribution in [3.05, 3.63) is 12.2 Å². The van der Waals surface area contributed by atoms with Crippen LogP contribution >= 0.6 is 0 Å². The van der Waals surface area contributed by atoms with Crippen LogP contribution in [0.4, 0.5) is 0 Å². The zero-order chi connectivity index (χ0) is 19.6. The molecule has 6 saturated carbocycles. The van der Waals surface area contributed by atoms with Gasteiger partial charge in [0.1, 0.15) is 5.60 Å². The summed E-state index contributed by atoms with van der Waals surface area (Å²) < 4.78 is 11.6. The Morgan fingerprint density at radius 2 is 1.57 bits per heavy atom. The summed E-state index contributed by atoms with van der Waals surface area (Å²) in [6.07, 6.45) is 10.2. The van der Waals surface area contributed by atoms with Crippen LogP contribution in [0.15, 0.2) is 12.2 Å². The van der Waals surface area contributed by atoms with Crippen molar-refractivity contribution in [2.45, 2.75) is 70.8 Å². The molecule has 154 valence electrons. The van der Waals surface area contributed by atoms with Crippen LogP contribution in [0.1, 0.15) is 65.2 Å². The summed E-state index contributed by atoms with van der Waals surface area (Å²) in [5.41, 5.74) is 0.0268. The van der Waals surface area contributed by atoms with Crippen LogP contribution in [-0.2, 0) is 19.1 Å². The number of rotatable bonds is 5. The molecule has 4 nitrogen and oxygen atoms in total. The predicted octanol–water partition coefficient (Wildman–Crippen LogP) is 4.53. The highest BCUT2D eigenvalue weighted by molar-refractivity contribution is 5.88. The molecule has 0 amide bonds. The Bertz CT molecular complexity index is 665. The third-order valence-corrected chi connectivity index (χ3v) is 9.16. The fourth-order valence-electron chi connectivity index (χ4n) is 8.36. The summed E-state index contributed by atoms with van der Waals surface area (Å²) in [5.74, 6) is 4.72. The largest absolute Gasteiger partial charge is 0.456 e. The number of hydrogen-bond acceptors (Lipinski definition) is 4. The topological polar surface area (TPSA) is 52.6 Å². The van der Waals surface area contributed by atoms with E-state index in [1.807, 2.05) is 0 Å². The predicted molar refractivity (Wildman–Crippen MR) is 105 cm³/mol. The number of hydrogen-bond donors (Lipinski definition) is 0. The molecule has 6 aliphatic rings. The first-order valence-corrected chi connectivity index (χ1v) is 11.4. The van der Waals surface area contributed by atoms with Crippen LogP contribution < -0.4 is 0 Å². The van der Waals surface area contributed by atoms with Crippen LogP contribution in [-0.4, -0.2) is 24.1 Å². The van der Waals surface area contributed by atoms with Crippen molar-refractivity contribution >= 4 is 11.9 Å². The smallest absolute Gasteiger partial charge is 0.344 e. The molecule has 4 unspecified atom stereocenters. The average molecular weight is 387 g/mol. The number of esters is 2.